The maximum absolute atomic E-state index is 12.0. The summed E-state index contributed by atoms with van der Waals surface area (Å²) in [5, 5.41) is 17.7. The third-order valence-electron chi connectivity index (χ3n) is 6.58. The highest BCUT2D eigenvalue weighted by Gasteiger charge is 2.63. The van der Waals surface area contributed by atoms with Crippen molar-refractivity contribution in [2.24, 2.45) is 29.6 Å². The van der Waals surface area contributed by atoms with Crippen molar-refractivity contribution >= 4 is 28.9 Å². The lowest BCUT2D eigenvalue weighted by molar-refractivity contribution is -0.148. The molecule has 4 aliphatic rings. The number of methoxy groups -OCH3 is 1. The van der Waals surface area contributed by atoms with Crippen molar-refractivity contribution in [2.75, 3.05) is 12.4 Å². The Morgan fingerprint density at radius 3 is 2.88 bits per heavy atom. The van der Waals surface area contributed by atoms with Crippen molar-refractivity contribution in [1.82, 2.24) is 14.6 Å². The van der Waals surface area contributed by atoms with Gasteiger partial charge in [0.2, 0.25) is 5.28 Å². The lowest BCUT2D eigenvalue weighted by Gasteiger charge is -2.46. The highest BCUT2D eigenvalue weighted by Crippen LogP contribution is 2.64. The van der Waals surface area contributed by atoms with Crippen LogP contribution in [-0.4, -0.2) is 38.8 Å². The van der Waals surface area contributed by atoms with Crippen molar-refractivity contribution in [3.8, 4) is 0 Å². The van der Waals surface area contributed by atoms with E-state index in [2.05, 4.69) is 15.4 Å². The summed E-state index contributed by atoms with van der Waals surface area (Å²) in [6.07, 6.45) is 3.31. The summed E-state index contributed by atoms with van der Waals surface area (Å²) in [4.78, 5) is 16.4. The normalized spacial score (nSPS) is 34.7. The van der Waals surface area contributed by atoms with Gasteiger partial charge in [0.15, 0.2) is 5.82 Å². The molecule has 0 radical (unpaired) electrons. The fraction of sp³-hybridized carbons (Fsp3) is 0.611. The number of aromatic nitrogens is 3. The molecule has 2 bridgehead atoms. The summed E-state index contributed by atoms with van der Waals surface area (Å²) in [6, 6.07) is 3.74. The van der Waals surface area contributed by atoms with Crippen molar-refractivity contribution in [1.29, 1.82) is 0 Å². The fourth-order valence-electron chi connectivity index (χ4n) is 5.54. The Morgan fingerprint density at radius 1 is 1.35 bits per heavy atom. The topological polar surface area (TPSA) is 88.8 Å². The van der Waals surface area contributed by atoms with Gasteiger partial charge in [-0.1, -0.05) is 0 Å². The van der Waals surface area contributed by atoms with Crippen LogP contribution >= 0.6 is 11.6 Å². The van der Waals surface area contributed by atoms with E-state index in [1.807, 2.05) is 12.1 Å². The van der Waals surface area contributed by atoms with Crippen molar-refractivity contribution in [2.45, 2.75) is 31.9 Å². The van der Waals surface area contributed by atoms with E-state index < -0.39 is 5.97 Å². The van der Waals surface area contributed by atoms with Gasteiger partial charge in [-0.25, -0.2) is 4.52 Å². The number of hydrogen-bond donors (Lipinski definition) is 2. The van der Waals surface area contributed by atoms with Gasteiger partial charge in [-0.3, -0.25) is 4.79 Å². The zero-order chi connectivity index (χ0) is 18.0. The number of carboxylic acid groups (broad SMARTS) is 1. The first-order valence-corrected chi connectivity index (χ1v) is 9.48. The van der Waals surface area contributed by atoms with Gasteiger partial charge in [-0.05, 0) is 66.7 Å². The van der Waals surface area contributed by atoms with Crippen LogP contribution in [0.3, 0.4) is 0 Å². The van der Waals surface area contributed by atoms with E-state index in [0.29, 0.717) is 30.2 Å². The minimum Gasteiger partial charge on any atom is -0.481 e. The van der Waals surface area contributed by atoms with Crippen LogP contribution in [-0.2, 0) is 16.1 Å². The molecule has 7 nitrogen and oxygen atoms in total. The average molecular weight is 377 g/mol. The number of carboxylic acids is 1. The number of halogens is 1. The lowest BCUT2D eigenvalue weighted by Crippen LogP contribution is -2.52. The van der Waals surface area contributed by atoms with Crippen LogP contribution in [0.2, 0.25) is 5.28 Å². The first kappa shape index (κ1) is 16.3. The van der Waals surface area contributed by atoms with E-state index >= 15 is 0 Å². The molecule has 0 aromatic carbocycles. The molecule has 8 heteroatoms. The van der Waals surface area contributed by atoms with Gasteiger partial charge in [-0.2, -0.15) is 4.98 Å². The minimum absolute atomic E-state index is 0.106. The van der Waals surface area contributed by atoms with Crippen molar-refractivity contribution in [3.63, 3.8) is 0 Å². The number of anilines is 1. The molecular weight excluding hydrogens is 356 g/mol. The van der Waals surface area contributed by atoms with Crippen LogP contribution in [0.4, 0.5) is 5.82 Å². The smallest absolute Gasteiger partial charge is 0.308 e. The van der Waals surface area contributed by atoms with Crippen LogP contribution in [0, 0.1) is 29.6 Å². The number of aliphatic carboxylic acids is 1. The third kappa shape index (κ3) is 2.33. The second-order valence-corrected chi connectivity index (χ2v) is 8.12. The van der Waals surface area contributed by atoms with Crippen LogP contribution in [0.1, 0.15) is 25.0 Å². The molecule has 0 aliphatic heterocycles. The molecule has 138 valence electrons. The van der Waals surface area contributed by atoms with Crippen molar-refractivity contribution in [3.05, 3.63) is 23.1 Å². The summed E-state index contributed by atoms with van der Waals surface area (Å²) in [7, 11) is 1.63. The second-order valence-electron chi connectivity index (χ2n) is 7.79. The van der Waals surface area contributed by atoms with Gasteiger partial charge < -0.3 is 15.2 Å². The van der Waals surface area contributed by atoms with Crippen LogP contribution in [0.15, 0.2) is 12.1 Å². The fourth-order valence-corrected chi connectivity index (χ4v) is 5.70. The van der Waals surface area contributed by atoms with Crippen molar-refractivity contribution < 1.29 is 14.6 Å². The van der Waals surface area contributed by atoms with E-state index in [1.54, 1.807) is 11.6 Å². The second kappa shape index (κ2) is 5.82. The van der Waals surface area contributed by atoms with Gasteiger partial charge >= 0.3 is 5.97 Å². The highest BCUT2D eigenvalue weighted by atomic mass is 35.5. The summed E-state index contributed by atoms with van der Waals surface area (Å²) < 4.78 is 6.93. The molecule has 2 N–H and O–H groups in total. The SMILES string of the molecule is COCc1ccc2c(N[C@@H]3[C@@H](C(=O)O)[C@H]4CC[C@@H]3C3CC34)nc(Cl)nn12. The molecule has 4 aliphatic carbocycles. The Morgan fingerprint density at radius 2 is 2.12 bits per heavy atom. The molecule has 0 spiro atoms. The number of nitrogens with one attached hydrogen (secondary N) is 1. The van der Waals surface area contributed by atoms with E-state index in [-0.39, 0.29) is 23.2 Å². The van der Waals surface area contributed by atoms with E-state index in [1.165, 1.54) is 6.42 Å². The monoisotopic (exact) mass is 376 g/mol. The van der Waals surface area contributed by atoms with Crippen LogP contribution in [0.5, 0.6) is 0 Å². The van der Waals surface area contributed by atoms with Gasteiger partial charge in [0.05, 0.1) is 18.2 Å². The molecule has 4 saturated carbocycles. The lowest BCUT2D eigenvalue weighted by atomic mass is 9.61. The number of hydrogen-bond acceptors (Lipinski definition) is 5. The molecular formula is C18H21ClN4O3. The molecule has 6 atom stereocenters. The molecule has 26 heavy (non-hydrogen) atoms. The quantitative estimate of drug-likeness (QED) is 0.834. The Kier molecular flexibility index (Phi) is 3.66. The maximum Gasteiger partial charge on any atom is 0.308 e. The Bertz CT molecular complexity index is 885. The summed E-state index contributed by atoms with van der Waals surface area (Å²) in [6.45, 7) is 0.413. The first-order chi connectivity index (χ1) is 12.6. The molecule has 4 fully saturated rings. The van der Waals surface area contributed by atoms with Gasteiger partial charge in [-0.15, -0.1) is 5.10 Å². The Hall–Kier alpha value is -1.86. The number of ether oxygens (including phenoxy) is 1. The Balaban J connectivity index is 1.53. The summed E-state index contributed by atoms with van der Waals surface area (Å²) in [5.74, 6) is 1.51. The van der Waals surface area contributed by atoms with E-state index in [9.17, 15) is 9.90 Å². The molecule has 0 saturated heterocycles. The van der Waals surface area contributed by atoms with Crippen LogP contribution in [0.25, 0.3) is 5.52 Å². The summed E-state index contributed by atoms with van der Waals surface area (Å²) >= 11 is 6.15. The van der Waals surface area contributed by atoms with Gasteiger partial charge in [0.1, 0.15) is 5.52 Å². The largest absolute Gasteiger partial charge is 0.481 e. The zero-order valence-electron chi connectivity index (χ0n) is 14.4. The molecule has 0 amide bonds. The average Bonchev–Trinajstić information content (AvgIpc) is 3.34. The predicted molar refractivity (Wildman–Crippen MR) is 95.1 cm³/mol. The predicted octanol–water partition coefficient (Wildman–Crippen LogP) is 2.69. The third-order valence-corrected chi connectivity index (χ3v) is 6.74. The molecule has 2 unspecified atom stereocenters. The highest BCUT2D eigenvalue weighted by molar-refractivity contribution is 6.28. The van der Waals surface area contributed by atoms with E-state index in [0.717, 1.165) is 24.1 Å². The minimum atomic E-state index is -0.700. The first-order valence-electron chi connectivity index (χ1n) is 9.11. The standard InChI is InChI=1S/C18H21ClN4O3/c1-26-7-8-2-5-13-16(21-18(19)22-23(8)13)20-15-10-4-3-9(11-6-12(10)11)14(15)17(24)25/h2,5,9-12,14-15H,3-4,6-7H2,1H3,(H,24,25)(H,20,21,22)/t9-,10+,11?,12?,14-,15-/m0/s1. The molecule has 2 heterocycles. The molecule has 2 aromatic heterocycles. The summed E-state index contributed by atoms with van der Waals surface area (Å²) in [5.41, 5.74) is 1.66. The van der Waals surface area contributed by atoms with Gasteiger partial charge in [0, 0.05) is 13.2 Å². The molecule has 6 rings (SSSR count). The Labute approximate surface area is 155 Å². The van der Waals surface area contributed by atoms with Crippen LogP contribution < -0.4 is 5.32 Å². The maximum atomic E-state index is 12.0. The van der Waals surface area contributed by atoms with Gasteiger partial charge in [0.25, 0.3) is 0 Å². The number of rotatable bonds is 5. The number of nitrogens with zero attached hydrogens (tertiary/aromatic N) is 3. The number of fused-ring (bicyclic) bond motifs is 3. The van der Waals surface area contributed by atoms with E-state index in [4.69, 9.17) is 16.3 Å². The zero-order valence-corrected chi connectivity index (χ0v) is 15.2. The molecule has 2 aromatic rings. The number of carbonyl (C=O) groups is 1.